The van der Waals surface area contributed by atoms with E-state index in [0.717, 1.165) is 57.8 Å². The number of nitrogens with two attached hydrogens (primary N) is 1. The van der Waals surface area contributed by atoms with Gasteiger partial charge >= 0.3 is 6.03 Å². The minimum atomic E-state index is -0.391. The van der Waals surface area contributed by atoms with Crippen LogP contribution in [0.3, 0.4) is 0 Å². The predicted molar refractivity (Wildman–Crippen MR) is 115 cm³/mol. The van der Waals surface area contributed by atoms with Crippen molar-refractivity contribution in [2.24, 2.45) is 5.73 Å². The van der Waals surface area contributed by atoms with Gasteiger partial charge in [0, 0.05) is 19.5 Å². The van der Waals surface area contributed by atoms with E-state index in [4.69, 9.17) is 5.73 Å². The molecule has 0 bridgehead atoms. The molecule has 3 amide bonds. The molecule has 166 valence electrons. The molecule has 0 rings (SSSR count). The van der Waals surface area contributed by atoms with E-state index in [9.17, 15) is 14.7 Å². The molecule has 0 fully saturated rings. The zero-order valence-electron chi connectivity index (χ0n) is 18.6. The number of aliphatic hydroxyl groups excluding tert-OH is 1. The summed E-state index contributed by atoms with van der Waals surface area (Å²) in [5.41, 5.74) is 5.47. The van der Waals surface area contributed by atoms with Crippen LogP contribution in [0.5, 0.6) is 0 Å². The first-order chi connectivity index (χ1) is 13.3. The largest absolute Gasteiger partial charge is 0.393 e. The van der Waals surface area contributed by atoms with Crippen LogP contribution in [0, 0.1) is 0 Å². The maximum absolute atomic E-state index is 11.8. The fourth-order valence-corrected chi connectivity index (χ4v) is 3.00. The molecule has 2 atom stereocenters. The average Bonchev–Trinajstić information content (AvgIpc) is 2.62. The Kier molecular flexibility index (Phi) is 15.8. The number of hydrogen-bond donors (Lipinski definition) is 3. The van der Waals surface area contributed by atoms with Crippen molar-refractivity contribution in [2.75, 3.05) is 27.2 Å². The lowest BCUT2D eigenvalue weighted by Gasteiger charge is -2.21. The summed E-state index contributed by atoms with van der Waals surface area (Å²) in [6, 6.07) is -0.391. The van der Waals surface area contributed by atoms with E-state index in [1.165, 1.54) is 0 Å². The lowest BCUT2D eigenvalue weighted by Crippen LogP contribution is -2.42. The molecule has 7 nitrogen and oxygen atoms in total. The molecular formula is C21H44N4O3. The molecule has 0 aliphatic heterocycles. The zero-order valence-corrected chi connectivity index (χ0v) is 18.6. The van der Waals surface area contributed by atoms with Crippen molar-refractivity contribution in [2.45, 2.75) is 96.7 Å². The highest BCUT2D eigenvalue weighted by molar-refractivity contribution is 5.76. The third kappa shape index (κ3) is 14.7. The van der Waals surface area contributed by atoms with E-state index in [2.05, 4.69) is 12.2 Å². The number of nitrogens with one attached hydrogen (secondary N) is 1. The van der Waals surface area contributed by atoms with Gasteiger partial charge in [-0.2, -0.15) is 0 Å². The number of carbonyl (C=O) groups is 2. The van der Waals surface area contributed by atoms with Gasteiger partial charge in [0.05, 0.1) is 12.3 Å². The van der Waals surface area contributed by atoms with Crippen LogP contribution >= 0.6 is 0 Å². The second-order valence-electron chi connectivity index (χ2n) is 7.99. The van der Waals surface area contributed by atoms with Gasteiger partial charge in [0.2, 0.25) is 5.91 Å². The molecule has 0 aromatic heterocycles. The molecule has 0 aromatic carbocycles. The number of unbranched alkanes of at least 4 members (excludes halogenated alkanes) is 5. The quantitative estimate of drug-likeness (QED) is 0.258. The Hall–Kier alpha value is -1.34. The van der Waals surface area contributed by atoms with Gasteiger partial charge in [0.25, 0.3) is 0 Å². The molecule has 0 spiro atoms. The van der Waals surface area contributed by atoms with Gasteiger partial charge in [0.1, 0.15) is 0 Å². The number of carbonyl (C=O) groups excluding carboxylic acids is 2. The van der Waals surface area contributed by atoms with E-state index < -0.39 is 6.03 Å². The highest BCUT2D eigenvalue weighted by Crippen LogP contribution is 2.10. The van der Waals surface area contributed by atoms with Gasteiger partial charge in [-0.3, -0.25) is 9.69 Å². The van der Waals surface area contributed by atoms with Crippen molar-refractivity contribution in [3.05, 3.63) is 0 Å². The summed E-state index contributed by atoms with van der Waals surface area (Å²) in [4.78, 5) is 27.0. The van der Waals surface area contributed by atoms with E-state index in [1.54, 1.807) is 4.90 Å². The van der Waals surface area contributed by atoms with Crippen molar-refractivity contribution in [1.82, 2.24) is 15.1 Å². The summed E-state index contributed by atoms with van der Waals surface area (Å²) in [5, 5.41) is 12.9. The number of rotatable bonds is 17. The molecule has 28 heavy (non-hydrogen) atoms. The number of nitrogens with zero attached hydrogens (tertiary/aromatic N) is 2. The Bertz CT molecular complexity index is 418. The monoisotopic (exact) mass is 400 g/mol. The summed E-state index contributed by atoms with van der Waals surface area (Å²) >= 11 is 0. The van der Waals surface area contributed by atoms with Crippen LogP contribution in [0.4, 0.5) is 4.79 Å². The summed E-state index contributed by atoms with van der Waals surface area (Å²) in [6.45, 7) is 5.36. The third-order valence-corrected chi connectivity index (χ3v) is 5.14. The van der Waals surface area contributed by atoms with Gasteiger partial charge in [-0.25, -0.2) is 4.79 Å². The van der Waals surface area contributed by atoms with Crippen molar-refractivity contribution in [3.63, 3.8) is 0 Å². The van der Waals surface area contributed by atoms with Gasteiger partial charge in [-0.1, -0.05) is 39.0 Å². The maximum Gasteiger partial charge on any atom is 0.314 e. The Morgan fingerprint density at radius 3 is 2.18 bits per heavy atom. The minimum Gasteiger partial charge on any atom is -0.393 e. The Morgan fingerprint density at radius 1 is 0.964 bits per heavy atom. The smallest absolute Gasteiger partial charge is 0.314 e. The molecule has 0 radical (unpaired) electrons. The molecule has 0 heterocycles. The first-order valence-electron chi connectivity index (χ1n) is 11.0. The van der Waals surface area contributed by atoms with E-state index in [-0.39, 0.29) is 18.2 Å². The standard InChI is InChI=1S/C21H44N4O3/c1-5-6-9-13-19(26)14-12-17-25(21(22)28)16-11-8-7-10-15-20(27)23-18(2)24(3)4/h18-19,26H,5-17H2,1-4H3,(H2,22,28)(H,23,27). The number of amides is 3. The number of hydrogen-bond acceptors (Lipinski definition) is 4. The van der Waals surface area contributed by atoms with Crippen LogP contribution in [0.25, 0.3) is 0 Å². The minimum absolute atomic E-state index is 0.0433. The van der Waals surface area contributed by atoms with Crippen LogP contribution < -0.4 is 11.1 Å². The van der Waals surface area contributed by atoms with Crippen LogP contribution in [0.1, 0.15) is 84.5 Å². The van der Waals surface area contributed by atoms with E-state index >= 15 is 0 Å². The van der Waals surface area contributed by atoms with Crippen LogP contribution in [-0.2, 0) is 4.79 Å². The summed E-state index contributed by atoms with van der Waals surface area (Å²) in [6.07, 6.45) is 9.68. The molecule has 4 N–H and O–H groups in total. The predicted octanol–water partition coefficient (Wildman–Crippen LogP) is 3.06. The topological polar surface area (TPSA) is 98.9 Å². The summed E-state index contributed by atoms with van der Waals surface area (Å²) in [5.74, 6) is 0.0810. The van der Waals surface area contributed by atoms with Crippen molar-refractivity contribution < 1.29 is 14.7 Å². The highest BCUT2D eigenvalue weighted by atomic mass is 16.3. The molecule has 0 saturated heterocycles. The SMILES string of the molecule is CCCCCC(O)CCCN(CCCCCCC(=O)NC(C)N(C)C)C(N)=O. The van der Waals surface area contributed by atoms with Crippen LogP contribution in [0.15, 0.2) is 0 Å². The van der Waals surface area contributed by atoms with E-state index in [1.807, 2.05) is 25.9 Å². The first-order valence-corrected chi connectivity index (χ1v) is 11.0. The first kappa shape index (κ1) is 26.7. The lowest BCUT2D eigenvalue weighted by atomic mass is 10.1. The molecule has 2 unspecified atom stereocenters. The van der Waals surface area contributed by atoms with Crippen molar-refractivity contribution in [1.29, 1.82) is 0 Å². The highest BCUT2D eigenvalue weighted by Gasteiger charge is 2.11. The summed E-state index contributed by atoms with van der Waals surface area (Å²) in [7, 11) is 3.87. The van der Waals surface area contributed by atoms with Crippen molar-refractivity contribution >= 4 is 11.9 Å². The molecule has 0 aromatic rings. The van der Waals surface area contributed by atoms with Gasteiger partial charge in [-0.05, 0) is 53.1 Å². The fourth-order valence-electron chi connectivity index (χ4n) is 3.00. The van der Waals surface area contributed by atoms with Crippen LogP contribution in [-0.4, -0.2) is 66.3 Å². The zero-order chi connectivity index (χ0) is 21.4. The Morgan fingerprint density at radius 2 is 1.57 bits per heavy atom. The molecule has 0 saturated carbocycles. The second kappa shape index (κ2) is 16.6. The number of primary amides is 1. The van der Waals surface area contributed by atoms with Crippen molar-refractivity contribution in [3.8, 4) is 0 Å². The second-order valence-corrected chi connectivity index (χ2v) is 7.99. The Balaban J connectivity index is 3.81. The third-order valence-electron chi connectivity index (χ3n) is 5.14. The Labute approximate surface area is 172 Å². The molecule has 0 aliphatic rings. The van der Waals surface area contributed by atoms with Gasteiger partial charge < -0.3 is 21.1 Å². The lowest BCUT2D eigenvalue weighted by molar-refractivity contribution is -0.122. The van der Waals surface area contributed by atoms with Crippen LogP contribution in [0.2, 0.25) is 0 Å². The van der Waals surface area contributed by atoms with E-state index in [0.29, 0.717) is 25.9 Å². The maximum atomic E-state index is 11.8. The number of urea groups is 1. The molecule has 0 aliphatic carbocycles. The number of aliphatic hydroxyl groups is 1. The summed E-state index contributed by atoms with van der Waals surface area (Å²) < 4.78 is 0. The molecular weight excluding hydrogens is 356 g/mol. The fraction of sp³-hybridized carbons (Fsp3) is 0.905. The normalized spacial score (nSPS) is 13.4. The van der Waals surface area contributed by atoms with Gasteiger partial charge in [0.15, 0.2) is 0 Å². The van der Waals surface area contributed by atoms with Gasteiger partial charge in [-0.15, -0.1) is 0 Å². The average molecular weight is 401 g/mol. The molecule has 7 heteroatoms.